The molecule has 1 saturated heterocycles. The second kappa shape index (κ2) is 4.79. The molecule has 0 unspecified atom stereocenters. The number of hydrogen-bond donors (Lipinski definition) is 1. The monoisotopic (exact) mass is 248 g/mol. The molecule has 1 aromatic rings. The zero-order valence-corrected chi connectivity index (χ0v) is 10.7. The largest absolute Gasteiger partial charge is 0.399 e. The number of benzene rings is 1. The molecule has 2 aliphatic rings. The van der Waals surface area contributed by atoms with E-state index < -0.39 is 0 Å². The highest BCUT2D eigenvalue weighted by atomic mass is 19.1. The summed E-state index contributed by atoms with van der Waals surface area (Å²) < 4.78 is 13.5. The first kappa shape index (κ1) is 11.8. The smallest absolute Gasteiger partial charge is 0.127 e. The van der Waals surface area contributed by atoms with Gasteiger partial charge in [-0.3, -0.25) is 0 Å². The van der Waals surface area contributed by atoms with Crippen LogP contribution < -0.4 is 10.6 Å². The van der Waals surface area contributed by atoms with Crippen LogP contribution in [-0.2, 0) is 0 Å². The summed E-state index contributed by atoms with van der Waals surface area (Å²) in [7, 11) is 0. The number of piperidine rings is 1. The van der Waals surface area contributed by atoms with Crippen LogP contribution in [0, 0.1) is 11.7 Å². The molecule has 1 aliphatic carbocycles. The van der Waals surface area contributed by atoms with Gasteiger partial charge >= 0.3 is 0 Å². The number of nitrogens with zero attached hydrogens (tertiary/aromatic N) is 1. The molecule has 0 spiro atoms. The Morgan fingerprint density at radius 2 is 1.83 bits per heavy atom. The van der Waals surface area contributed by atoms with Gasteiger partial charge < -0.3 is 10.6 Å². The van der Waals surface area contributed by atoms with Crippen LogP contribution in [0.2, 0.25) is 0 Å². The van der Waals surface area contributed by atoms with E-state index in [0.717, 1.165) is 18.2 Å². The van der Waals surface area contributed by atoms with Crippen molar-refractivity contribution in [1.82, 2.24) is 0 Å². The maximum absolute atomic E-state index is 13.5. The molecule has 0 radical (unpaired) electrons. The second-order valence-electron chi connectivity index (χ2n) is 5.69. The second-order valence-corrected chi connectivity index (χ2v) is 5.69. The fourth-order valence-corrected chi connectivity index (χ4v) is 3.71. The molecule has 1 aliphatic heterocycles. The summed E-state index contributed by atoms with van der Waals surface area (Å²) >= 11 is 0. The number of nitrogens with two attached hydrogens (primary N) is 1. The predicted octanol–water partition coefficient (Wildman–Crippen LogP) is 3.57. The highest BCUT2D eigenvalue weighted by molar-refractivity contribution is 5.57. The summed E-state index contributed by atoms with van der Waals surface area (Å²) in [6.45, 7) is 1.05. The van der Waals surface area contributed by atoms with E-state index in [-0.39, 0.29) is 5.82 Å². The van der Waals surface area contributed by atoms with E-state index in [0.29, 0.717) is 11.7 Å². The number of nitrogen functional groups attached to an aromatic ring is 1. The number of anilines is 2. The van der Waals surface area contributed by atoms with Crippen molar-refractivity contribution in [3.05, 3.63) is 24.0 Å². The lowest BCUT2D eigenvalue weighted by Crippen LogP contribution is -2.46. The molecule has 0 aromatic heterocycles. The third-order valence-corrected chi connectivity index (χ3v) is 4.48. The van der Waals surface area contributed by atoms with E-state index in [2.05, 4.69) is 4.90 Å². The van der Waals surface area contributed by atoms with Crippen molar-refractivity contribution in [3.8, 4) is 0 Å². The van der Waals surface area contributed by atoms with Gasteiger partial charge in [-0.1, -0.05) is 12.8 Å². The Hall–Kier alpha value is -1.25. The van der Waals surface area contributed by atoms with Crippen LogP contribution in [0.4, 0.5) is 15.8 Å². The van der Waals surface area contributed by atoms with E-state index in [4.69, 9.17) is 5.73 Å². The molecule has 3 rings (SSSR count). The summed E-state index contributed by atoms with van der Waals surface area (Å²) in [5, 5.41) is 0. The molecule has 0 amide bonds. The van der Waals surface area contributed by atoms with Gasteiger partial charge in [0.2, 0.25) is 0 Å². The lowest BCUT2D eigenvalue weighted by Gasteiger charge is -2.45. The first-order chi connectivity index (χ1) is 8.74. The molecule has 2 fully saturated rings. The van der Waals surface area contributed by atoms with Gasteiger partial charge in [-0.15, -0.1) is 0 Å². The molecule has 3 heteroatoms. The Kier molecular flexibility index (Phi) is 3.14. The summed E-state index contributed by atoms with van der Waals surface area (Å²) in [4.78, 5) is 2.40. The molecular formula is C15H21FN2. The van der Waals surface area contributed by atoms with Crippen molar-refractivity contribution < 1.29 is 4.39 Å². The normalized spacial score (nSPS) is 27.9. The van der Waals surface area contributed by atoms with Crippen LogP contribution in [0.5, 0.6) is 0 Å². The topological polar surface area (TPSA) is 29.3 Å². The Morgan fingerprint density at radius 3 is 2.67 bits per heavy atom. The quantitative estimate of drug-likeness (QED) is 0.770. The first-order valence-electron chi connectivity index (χ1n) is 7.07. The maximum Gasteiger partial charge on any atom is 0.127 e. The number of halogens is 1. The van der Waals surface area contributed by atoms with Gasteiger partial charge in [0.15, 0.2) is 0 Å². The van der Waals surface area contributed by atoms with Crippen LogP contribution in [0.25, 0.3) is 0 Å². The molecule has 1 heterocycles. The van der Waals surface area contributed by atoms with E-state index in [1.807, 2.05) is 6.07 Å². The van der Waals surface area contributed by atoms with Crippen LogP contribution >= 0.6 is 0 Å². The summed E-state index contributed by atoms with van der Waals surface area (Å²) in [5.74, 6) is 0.583. The maximum atomic E-state index is 13.5. The molecule has 2 nitrogen and oxygen atoms in total. The van der Waals surface area contributed by atoms with Crippen LogP contribution in [0.3, 0.4) is 0 Å². The van der Waals surface area contributed by atoms with Crippen LogP contribution in [0.15, 0.2) is 18.2 Å². The zero-order chi connectivity index (χ0) is 12.5. The average molecular weight is 248 g/mol. The zero-order valence-electron chi connectivity index (χ0n) is 10.7. The Balaban J connectivity index is 1.89. The SMILES string of the molecule is Nc1cc(F)cc(N2CCC[C@H]3CCCC[C@H]32)c1. The summed E-state index contributed by atoms with van der Waals surface area (Å²) in [6.07, 6.45) is 7.82. The number of hydrogen-bond acceptors (Lipinski definition) is 2. The van der Waals surface area contributed by atoms with Crippen molar-refractivity contribution in [2.24, 2.45) is 5.92 Å². The summed E-state index contributed by atoms with van der Waals surface area (Å²) in [6, 6.07) is 5.55. The van der Waals surface area contributed by atoms with Gasteiger partial charge in [-0.25, -0.2) is 4.39 Å². The van der Waals surface area contributed by atoms with Crippen molar-refractivity contribution in [2.75, 3.05) is 17.2 Å². The minimum Gasteiger partial charge on any atom is -0.399 e. The minimum atomic E-state index is -0.220. The average Bonchev–Trinajstić information content (AvgIpc) is 2.37. The molecule has 1 saturated carbocycles. The van der Waals surface area contributed by atoms with Crippen molar-refractivity contribution in [2.45, 2.75) is 44.6 Å². The Morgan fingerprint density at radius 1 is 1.06 bits per heavy atom. The van der Waals surface area contributed by atoms with Crippen molar-refractivity contribution >= 4 is 11.4 Å². The molecule has 18 heavy (non-hydrogen) atoms. The van der Waals surface area contributed by atoms with Crippen molar-refractivity contribution in [1.29, 1.82) is 0 Å². The van der Waals surface area contributed by atoms with Gasteiger partial charge in [0.05, 0.1) is 0 Å². The van der Waals surface area contributed by atoms with Crippen LogP contribution in [0.1, 0.15) is 38.5 Å². The highest BCUT2D eigenvalue weighted by Gasteiger charge is 2.33. The minimum absolute atomic E-state index is 0.220. The van der Waals surface area contributed by atoms with Gasteiger partial charge in [-0.05, 0) is 49.8 Å². The molecule has 1 aromatic carbocycles. The molecule has 2 atom stereocenters. The van der Waals surface area contributed by atoms with Gasteiger partial charge in [0.1, 0.15) is 5.82 Å². The number of rotatable bonds is 1. The molecule has 98 valence electrons. The third-order valence-electron chi connectivity index (χ3n) is 4.48. The summed E-state index contributed by atoms with van der Waals surface area (Å²) in [5.41, 5.74) is 7.27. The van der Waals surface area contributed by atoms with Gasteiger partial charge in [-0.2, -0.15) is 0 Å². The lowest BCUT2D eigenvalue weighted by atomic mass is 9.78. The molecule has 0 bridgehead atoms. The predicted molar refractivity (Wildman–Crippen MR) is 73.1 cm³/mol. The fraction of sp³-hybridized carbons (Fsp3) is 0.600. The standard InChI is InChI=1S/C15H21FN2/c16-12-8-13(17)10-14(9-12)18-7-3-5-11-4-1-2-6-15(11)18/h8-11,15H,1-7,17H2/t11-,15-/m1/s1. The van der Waals surface area contributed by atoms with E-state index in [1.54, 1.807) is 6.07 Å². The van der Waals surface area contributed by atoms with Crippen LogP contribution in [-0.4, -0.2) is 12.6 Å². The lowest BCUT2D eigenvalue weighted by molar-refractivity contribution is 0.243. The molecular weight excluding hydrogens is 227 g/mol. The van der Waals surface area contributed by atoms with E-state index >= 15 is 0 Å². The first-order valence-corrected chi connectivity index (χ1v) is 7.07. The Labute approximate surface area is 108 Å². The third kappa shape index (κ3) is 2.18. The highest BCUT2D eigenvalue weighted by Crippen LogP contribution is 2.38. The number of fused-ring (bicyclic) bond motifs is 1. The fourth-order valence-electron chi connectivity index (χ4n) is 3.71. The van der Waals surface area contributed by atoms with E-state index in [1.165, 1.54) is 44.6 Å². The Bertz CT molecular complexity index is 410. The van der Waals surface area contributed by atoms with Crippen molar-refractivity contribution in [3.63, 3.8) is 0 Å². The van der Waals surface area contributed by atoms with E-state index in [9.17, 15) is 4.39 Å². The van der Waals surface area contributed by atoms with Gasteiger partial charge in [0.25, 0.3) is 0 Å². The van der Waals surface area contributed by atoms with Gasteiger partial charge in [0, 0.05) is 24.0 Å². The molecule has 2 N–H and O–H groups in total.